The van der Waals surface area contributed by atoms with Crippen molar-refractivity contribution in [3.63, 3.8) is 0 Å². The van der Waals surface area contributed by atoms with Gasteiger partial charge in [-0.3, -0.25) is 14.5 Å². The largest absolute Gasteiger partial charge is 0.489 e. The topological polar surface area (TPSA) is 88.2 Å². The Morgan fingerprint density at radius 3 is 2.34 bits per heavy atom. The van der Waals surface area contributed by atoms with E-state index in [4.69, 9.17) is 9.47 Å². The van der Waals surface area contributed by atoms with Crippen molar-refractivity contribution in [2.24, 2.45) is 5.41 Å². The lowest BCUT2D eigenvalue weighted by molar-refractivity contribution is -0.134. The maximum atomic E-state index is 12.8. The molecule has 1 fully saturated rings. The molecule has 1 aliphatic rings. The highest BCUT2D eigenvalue weighted by Gasteiger charge is 2.28. The molecular weight excluding hydrogens is 586 g/mol. The molecule has 1 N–H and O–H groups in total. The molecule has 41 heavy (non-hydrogen) atoms. The fraction of sp³-hybridized carbons (Fsp3) is 0.469. The first-order chi connectivity index (χ1) is 19.7. The van der Waals surface area contributed by atoms with Gasteiger partial charge in [0.2, 0.25) is 11.8 Å². The molecule has 1 heterocycles. The van der Waals surface area contributed by atoms with Crippen LogP contribution in [0.2, 0.25) is 0 Å². The Labute approximate surface area is 252 Å². The number of benzene rings is 2. The number of hydrogen-bond donors (Lipinski definition) is 1. The number of halogens is 1. The van der Waals surface area contributed by atoms with Gasteiger partial charge in [0.25, 0.3) is 0 Å². The van der Waals surface area contributed by atoms with E-state index in [0.29, 0.717) is 38.2 Å². The van der Waals surface area contributed by atoms with Gasteiger partial charge < -0.3 is 19.7 Å². The van der Waals surface area contributed by atoms with E-state index in [2.05, 4.69) is 52.6 Å². The normalized spacial score (nSPS) is 13.9. The first-order valence-electron chi connectivity index (χ1n) is 14.2. The Hall–Kier alpha value is -3.17. The summed E-state index contributed by atoms with van der Waals surface area (Å²) in [6.45, 7) is 11.8. The van der Waals surface area contributed by atoms with Gasteiger partial charge >= 0.3 is 5.97 Å². The van der Waals surface area contributed by atoms with Gasteiger partial charge in [0, 0.05) is 49.2 Å². The van der Waals surface area contributed by atoms with Gasteiger partial charge in [-0.15, -0.1) is 6.58 Å². The molecule has 1 aliphatic heterocycles. The van der Waals surface area contributed by atoms with Crippen molar-refractivity contribution in [3.8, 4) is 5.75 Å². The van der Waals surface area contributed by atoms with Gasteiger partial charge in [-0.25, -0.2) is 4.79 Å². The van der Waals surface area contributed by atoms with Crippen molar-refractivity contribution < 1.29 is 23.9 Å². The highest BCUT2D eigenvalue weighted by Crippen LogP contribution is 2.34. The average molecular weight is 629 g/mol. The van der Waals surface area contributed by atoms with Gasteiger partial charge in [0.05, 0.1) is 19.2 Å². The molecule has 1 saturated heterocycles. The van der Waals surface area contributed by atoms with E-state index >= 15 is 0 Å². The highest BCUT2D eigenvalue weighted by molar-refractivity contribution is 9.10. The number of methoxy groups -OCH3 is 1. The van der Waals surface area contributed by atoms with Gasteiger partial charge in [-0.1, -0.05) is 48.0 Å². The third kappa shape index (κ3) is 9.43. The van der Waals surface area contributed by atoms with E-state index in [-0.39, 0.29) is 29.7 Å². The molecule has 9 heteroatoms. The Bertz CT molecular complexity index is 1190. The third-order valence-electron chi connectivity index (χ3n) is 7.96. The lowest BCUT2D eigenvalue weighted by Crippen LogP contribution is -2.51. The number of nitrogens with zero attached hydrogens (tertiary/aromatic N) is 2. The van der Waals surface area contributed by atoms with Crippen molar-refractivity contribution in [2.75, 3.05) is 39.8 Å². The maximum absolute atomic E-state index is 12.8. The predicted molar refractivity (Wildman–Crippen MR) is 164 cm³/mol. The lowest BCUT2D eigenvalue weighted by atomic mass is 9.76. The van der Waals surface area contributed by atoms with E-state index in [1.165, 1.54) is 7.11 Å². The minimum atomic E-state index is -0.367. The molecule has 0 atom stereocenters. The van der Waals surface area contributed by atoms with Gasteiger partial charge in [-0.2, -0.15) is 0 Å². The predicted octanol–water partition coefficient (Wildman–Crippen LogP) is 5.35. The molecule has 0 bridgehead atoms. The number of nitrogens with one attached hydrogen (secondary N) is 1. The standard InChI is InChI=1S/C32H42BrN3O5/c1-5-14-32(6-2,7-3)20-29(37)34-21-30(38)36-17-15-35(16-18-36)22-26-19-27(33)12-13-28(26)41-23-24-8-10-25(11-9-24)31(39)40-4/h5,8-13,19H,1,6-7,14-18,20-23H2,2-4H3,(H,34,37). The molecule has 3 rings (SSSR count). The highest BCUT2D eigenvalue weighted by atomic mass is 79.9. The maximum Gasteiger partial charge on any atom is 0.337 e. The van der Waals surface area contributed by atoms with Gasteiger partial charge in [0.1, 0.15) is 12.4 Å². The second-order valence-electron chi connectivity index (χ2n) is 10.5. The molecule has 2 amide bonds. The van der Waals surface area contributed by atoms with Crippen molar-refractivity contribution in [1.82, 2.24) is 15.1 Å². The summed E-state index contributed by atoms with van der Waals surface area (Å²) in [7, 11) is 1.36. The first-order valence-corrected chi connectivity index (χ1v) is 15.0. The Morgan fingerprint density at radius 1 is 1.05 bits per heavy atom. The Kier molecular flexibility index (Phi) is 12.4. The van der Waals surface area contributed by atoms with Crippen LogP contribution in [0.1, 0.15) is 61.0 Å². The number of piperazine rings is 1. The van der Waals surface area contributed by atoms with Crippen LogP contribution in [0.5, 0.6) is 5.75 Å². The fourth-order valence-corrected chi connectivity index (χ4v) is 5.49. The van der Waals surface area contributed by atoms with Crippen LogP contribution >= 0.6 is 15.9 Å². The van der Waals surface area contributed by atoms with Crippen LogP contribution in [-0.4, -0.2) is 67.4 Å². The summed E-state index contributed by atoms with van der Waals surface area (Å²) >= 11 is 3.57. The summed E-state index contributed by atoms with van der Waals surface area (Å²) in [5, 5.41) is 2.84. The van der Waals surface area contributed by atoms with Crippen molar-refractivity contribution in [3.05, 3.63) is 76.3 Å². The molecular formula is C32H42BrN3O5. The Balaban J connectivity index is 1.49. The fourth-order valence-electron chi connectivity index (χ4n) is 5.08. The smallest absolute Gasteiger partial charge is 0.337 e. The number of esters is 1. The number of hydrogen-bond acceptors (Lipinski definition) is 6. The number of carbonyl (C=O) groups excluding carboxylic acids is 3. The zero-order valence-corrected chi connectivity index (χ0v) is 26.0. The van der Waals surface area contributed by atoms with E-state index in [9.17, 15) is 14.4 Å². The molecule has 2 aromatic rings. The van der Waals surface area contributed by atoms with Crippen LogP contribution in [-0.2, 0) is 27.5 Å². The molecule has 8 nitrogen and oxygen atoms in total. The molecule has 2 aromatic carbocycles. The van der Waals surface area contributed by atoms with Crippen LogP contribution in [0, 0.1) is 5.41 Å². The average Bonchev–Trinajstić information content (AvgIpc) is 2.99. The number of rotatable bonds is 14. The molecule has 222 valence electrons. The van der Waals surface area contributed by atoms with Crippen molar-refractivity contribution in [2.45, 2.75) is 52.7 Å². The van der Waals surface area contributed by atoms with Crippen LogP contribution in [0.25, 0.3) is 0 Å². The minimum Gasteiger partial charge on any atom is -0.489 e. The molecule has 0 aromatic heterocycles. The SMILES string of the molecule is C=CCC(CC)(CC)CC(=O)NCC(=O)N1CCN(Cc2cc(Br)ccc2OCc2ccc(C(=O)OC)cc2)CC1. The molecule has 0 radical (unpaired) electrons. The summed E-state index contributed by atoms with van der Waals surface area (Å²) < 4.78 is 11.9. The lowest BCUT2D eigenvalue weighted by Gasteiger charge is -2.35. The zero-order chi connectivity index (χ0) is 29.8. The van der Waals surface area contributed by atoms with Crippen LogP contribution in [0.3, 0.4) is 0 Å². The number of allylic oxidation sites excluding steroid dienone is 1. The van der Waals surface area contributed by atoms with Crippen LogP contribution < -0.4 is 10.1 Å². The third-order valence-corrected chi connectivity index (χ3v) is 8.45. The van der Waals surface area contributed by atoms with E-state index in [1.54, 1.807) is 12.1 Å². The summed E-state index contributed by atoms with van der Waals surface area (Å²) in [6, 6.07) is 13.1. The number of ether oxygens (including phenoxy) is 2. The van der Waals surface area contributed by atoms with Crippen LogP contribution in [0.15, 0.2) is 59.6 Å². The molecule has 0 saturated carbocycles. The van der Waals surface area contributed by atoms with E-state index < -0.39 is 0 Å². The first kappa shape index (κ1) is 32.3. The molecule has 0 spiro atoms. The van der Waals surface area contributed by atoms with Gasteiger partial charge in [0.15, 0.2) is 0 Å². The molecule has 0 unspecified atom stereocenters. The second kappa shape index (κ2) is 15.7. The second-order valence-corrected chi connectivity index (χ2v) is 11.5. The van der Waals surface area contributed by atoms with E-state index in [1.807, 2.05) is 35.2 Å². The van der Waals surface area contributed by atoms with Crippen LogP contribution in [0.4, 0.5) is 0 Å². The van der Waals surface area contributed by atoms with Crippen molar-refractivity contribution in [1.29, 1.82) is 0 Å². The Morgan fingerprint density at radius 2 is 1.73 bits per heavy atom. The van der Waals surface area contributed by atoms with E-state index in [0.717, 1.165) is 53.7 Å². The summed E-state index contributed by atoms with van der Waals surface area (Å²) in [5.41, 5.74) is 2.40. The van der Waals surface area contributed by atoms with Gasteiger partial charge in [-0.05, 0) is 60.6 Å². The summed E-state index contributed by atoms with van der Waals surface area (Å²) in [4.78, 5) is 41.2. The van der Waals surface area contributed by atoms with Crippen molar-refractivity contribution >= 4 is 33.7 Å². The zero-order valence-electron chi connectivity index (χ0n) is 24.4. The number of amides is 2. The quantitative estimate of drug-likeness (QED) is 0.224. The number of carbonyl (C=O) groups is 3. The summed E-state index contributed by atoms with van der Waals surface area (Å²) in [5.74, 6) is 0.292. The minimum absolute atomic E-state index is 0.0284. The summed E-state index contributed by atoms with van der Waals surface area (Å²) in [6.07, 6.45) is 4.86. The molecule has 0 aliphatic carbocycles. The monoisotopic (exact) mass is 627 g/mol.